The molecule has 1 spiro atoms. The number of nitrogens with one attached hydrogen (secondary N) is 2. The second kappa shape index (κ2) is 6.33. The molecule has 3 amide bonds. The molecule has 0 aliphatic carbocycles. The first-order valence-electron chi connectivity index (χ1n) is 8.47. The lowest BCUT2D eigenvalue weighted by molar-refractivity contribution is -0.0203. The summed E-state index contributed by atoms with van der Waals surface area (Å²) >= 11 is 0. The van der Waals surface area contributed by atoms with Crippen LogP contribution in [0.25, 0.3) is 0 Å². The van der Waals surface area contributed by atoms with E-state index in [1.54, 1.807) is 35.2 Å². The Balaban J connectivity index is 1.41. The number of ether oxygens (including phenoxy) is 1. The normalized spacial score (nSPS) is 17.9. The van der Waals surface area contributed by atoms with E-state index < -0.39 is 11.5 Å². The molecule has 2 N–H and O–H groups in total. The molecular weight excluding hydrogens is 337 g/mol. The smallest absolute Gasteiger partial charge is 0.321 e. The summed E-state index contributed by atoms with van der Waals surface area (Å²) in [4.78, 5) is 26.3. The Morgan fingerprint density at radius 2 is 1.92 bits per heavy atom. The number of halogens is 1. The van der Waals surface area contributed by atoms with Gasteiger partial charge in [0.25, 0.3) is 5.91 Å². The molecule has 26 heavy (non-hydrogen) atoms. The lowest BCUT2D eigenvalue weighted by atomic mass is 9.97. The number of para-hydroxylation sites is 1. The number of urea groups is 1. The number of benzene rings is 2. The van der Waals surface area contributed by atoms with Gasteiger partial charge in [0.1, 0.15) is 11.6 Å². The maximum Gasteiger partial charge on any atom is 0.321 e. The van der Waals surface area contributed by atoms with Crippen LogP contribution in [0.15, 0.2) is 48.5 Å². The minimum absolute atomic E-state index is 0.162. The number of amides is 3. The van der Waals surface area contributed by atoms with Gasteiger partial charge in [0.05, 0.1) is 5.56 Å². The van der Waals surface area contributed by atoms with E-state index in [1.807, 2.05) is 6.07 Å². The lowest BCUT2D eigenvalue weighted by Gasteiger charge is -2.44. The number of hydrogen-bond acceptors (Lipinski definition) is 3. The first kappa shape index (κ1) is 16.4. The monoisotopic (exact) mass is 355 g/mol. The quantitative estimate of drug-likeness (QED) is 0.826. The summed E-state index contributed by atoms with van der Waals surface area (Å²) < 4.78 is 19.3. The second-order valence-corrected chi connectivity index (χ2v) is 6.47. The summed E-state index contributed by atoms with van der Waals surface area (Å²) in [6.07, 6.45) is 0.952. The van der Waals surface area contributed by atoms with Crippen molar-refractivity contribution in [3.63, 3.8) is 0 Å². The van der Waals surface area contributed by atoms with Gasteiger partial charge >= 0.3 is 6.03 Å². The Morgan fingerprint density at radius 3 is 2.69 bits per heavy atom. The highest BCUT2D eigenvalue weighted by Crippen LogP contribution is 2.33. The number of likely N-dealkylation sites (tertiary alicyclic amines) is 1. The third-order valence-electron chi connectivity index (χ3n) is 4.71. The maximum atomic E-state index is 13.2. The standard InChI is InChI=1S/C19H18FN3O3/c20-13-4-3-5-14(12-13)21-18(25)23-10-8-19(9-11-23)22-17(24)15-6-1-2-7-16(15)26-19/h1-7,12H,8-11H2,(H,21,25)(H,22,24). The molecule has 7 heteroatoms. The minimum Gasteiger partial charge on any atom is -0.467 e. The number of nitrogens with zero attached hydrogens (tertiary/aromatic N) is 1. The number of piperidine rings is 1. The Hall–Kier alpha value is -3.09. The maximum absolute atomic E-state index is 13.2. The molecule has 0 unspecified atom stereocenters. The number of rotatable bonds is 1. The summed E-state index contributed by atoms with van der Waals surface area (Å²) in [5.41, 5.74) is 0.136. The summed E-state index contributed by atoms with van der Waals surface area (Å²) in [6, 6.07) is 12.6. The molecule has 2 heterocycles. The zero-order valence-electron chi connectivity index (χ0n) is 14.0. The van der Waals surface area contributed by atoms with Crippen LogP contribution in [0.5, 0.6) is 5.75 Å². The van der Waals surface area contributed by atoms with Crippen molar-refractivity contribution in [3.05, 3.63) is 59.9 Å². The second-order valence-electron chi connectivity index (χ2n) is 6.47. The molecule has 1 fully saturated rings. The van der Waals surface area contributed by atoms with Crippen LogP contribution in [0.4, 0.5) is 14.9 Å². The van der Waals surface area contributed by atoms with Crippen LogP contribution in [0.2, 0.25) is 0 Å². The summed E-state index contributed by atoms with van der Waals surface area (Å²) in [5.74, 6) is -0.00388. The molecule has 2 aromatic carbocycles. The molecule has 4 rings (SSSR count). The number of anilines is 1. The van der Waals surface area contributed by atoms with Gasteiger partial charge in [0, 0.05) is 31.6 Å². The van der Waals surface area contributed by atoms with Crippen LogP contribution < -0.4 is 15.4 Å². The van der Waals surface area contributed by atoms with E-state index >= 15 is 0 Å². The van der Waals surface area contributed by atoms with Gasteiger partial charge in [0.2, 0.25) is 0 Å². The molecule has 0 aromatic heterocycles. The molecule has 0 bridgehead atoms. The number of carbonyl (C=O) groups is 2. The van der Waals surface area contributed by atoms with Gasteiger partial charge < -0.3 is 20.3 Å². The molecule has 1 saturated heterocycles. The van der Waals surface area contributed by atoms with Gasteiger partial charge in [-0.25, -0.2) is 9.18 Å². The molecule has 6 nitrogen and oxygen atoms in total. The van der Waals surface area contributed by atoms with Gasteiger partial charge in [0.15, 0.2) is 5.72 Å². The van der Waals surface area contributed by atoms with E-state index in [2.05, 4.69) is 10.6 Å². The lowest BCUT2D eigenvalue weighted by Crippen LogP contribution is -2.61. The van der Waals surface area contributed by atoms with Gasteiger partial charge in [-0.2, -0.15) is 0 Å². The first-order chi connectivity index (χ1) is 12.5. The molecule has 0 saturated carbocycles. The van der Waals surface area contributed by atoms with E-state index in [-0.39, 0.29) is 11.9 Å². The number of hydrogen-bond donors (Lipinski definition) is 2. The Labute approximate surface area is 149 Å². The van der Waals surface area contributed by atoms with Gasteiger partial charge in [-0.1, -0.05) is 18.2 Å². The molecule has 0 atom stereocenters. The average Bonchev–Trinajstić information content (AvgIpc) is 2.62. The predicted octanol–water partition coefficient (Wildman–Crippen LogP) is 2.97. The van der Waals surface area contributed by atoms with Gasteiger partial charge in [-0.05, 0) is 30.3 Å². The van der Waals surface area contributed by atoms with Crippen LogP contribution >= 0.6 is 0 Å². The van der Waals surface area contributed by atoms with Crippen LogP contribution in [0.3, 0.4) is 0 Å². The fourth-order valence-electron chi connectivity index (χ4n) is 3.32. The first-order valence-corrected chi connectivity index (χ1v) is 8.47. The van der Waals surface area contributed by atoms with Crippen molar-refractivity contribution >= 4 is 17.6 Å². The highest BCUT2D eigenvalue weighted by molar-refractivity contribution is 5.98. The minimum atomic E-state index is -0.791. The molecule has 2 aromatic rings. The van der Waals surface area contributed by atoms with Crippen LogP contribution in [-0.4, -0.2) is 35.7 Å². The van der Waals surface area contributed by atoms with Crippen LogP contribution in [0.1, 0.15) is 23.2 Å². The summed E-state index contributed by atoms with van der Waals surface area (Å²) in [5, 5.41) is 5.62. The third-order valence-corrected chi connectivity index (χ3v) is 4.71. The van der Waals surface area contributed by atoms with Crippen molar-refractivity contribution in [2.75, 3.05) is 18.4 Å². The Kier molecular flexibility index (Phi) is 3.99. The van der Waals surface area contributed by atoms with Crippen molar-refractivity contribution in [1.29, 1.82) is 0 Å². The van der Waals surface area contributed by atoms with Crippen molar-refractivity contribution in [1.82, 2.24) is 10.2 Å². The Bertz CT molecular complexity index is 863. The van der Waals surface area contributed by atoms with Crippen molar-refractivity contribution in [3.8, 4) is 5.75 Å². The molecule has 0 radical (unpaired) electrons. The van der Waals surface area contributed by atoms with E-state index in [0.717, 1.165) is 0 Å². The van der Waals surface area contributed by atoms with Crippen molar-refractivity contribution < 1.29 is 18.7 Å². The third kappa shape index (κ3) is 3.08. The molecular formula is C19H18FN3O3. The number of carbonyl (C=O) groups excluding carboxylic acids is 2. The van der Waals surface area contributed by atoms with E-state index in [9.17, 15) is 14.0 Å². The van der Waals surface area contributed by atoms with Crippen molar-refractivity contribution in [2.24, 2.45) is 0 Å². The fourth-order valence-corrected chi connectivity index (χ4v) is 3.32. The van der Waals surface area contributed by atoms with Crippen LogP contribution in [0, 0.1) is 5.82 Å². The van der Waals surface area contributed by atoms with E-state index in [4.69, 9.17) is 4.74 Å². The highest BCUT2D eigenvalue weighted by Gasteiger charge is 2.43. The summed E-state index contributed by atoms with van der Waals surface area (Å²) in [6.45, 7) is 0.840. The van der Waals surface area contributed by atoms with E-state index in [1.165, 1.54) is 12.1 Å². The summed E-state index contributed by atoms with van der Waals surface area (Å²) in [7, 11) is 0. The van der Waals surface area contributed by atoms with Crippen LogP contribution in [-0.2, 0) is 0 Å². The van der Waals surface area contributed by atoms with Crippen molar-refractivity contribution in [2.45, 2.75) is 18.6 Å². The van der Waals surface area contributed by atoms with Gasteiger partial charge in [-0.15, -0.1) is 0 Å². The average molecular weight is 355 g/mol. The molecule has 134 valence electrons. The van der Waals surface area contributed by atoms with E-state index in [0.29, 0.717) is 42.9 Å². The SMILES string of the molecule is O=C1NC2(CCN(C(=O)Nc3cccc(F)c3)CC2)Oc2ccccc21. The topological polar surface area (TPSA) is 70.7 Å². The Morgan fingerprint density at radius 1 is 1.15 bits per heavy atom. The molecule has 2 aliphatic heterocycles. The highest BCUT2D eigenvalue weighted by atomic mass is 19.1. The number of fused-ring (bicyclic) bond motifs is 1. The largest absolute Gasteiger partial charge is 0.467 e. The zero-order chi connectivity index (χ0) is 18.1. The predicted molar refractivity (Wildman–Crippen MR) is 93.5 cm³/mol. The molecule has 2 aliphatic rings. The fraction of sp³-hybridized carbons (Fsp3) is 0.263. The zero-order valence-corrected chi connectivity index (χ0v) is 14.0. The van der Waals surface area contributed by atoms with Gasteiger partial charge in [-0.3, -0.25) is 4.79 Å².